The maximum Gasteiger partial charge on any atom is 0.254 e. The maximum absolute atomic E-state index is 14.1. The molecule has 1 aromatic heterocycles. The van der Waals surface area contributed by atoms with Crippen LogP contribution in [0.4, 0.5) is 0 Å². The molecule has 8 heteroatoms. The highest BCUT2D eigenvalue weighted by atomic mass is 79.9. The molecule has 40 heavy (non-hydrogen) atoms. The largest absolute Gasteiger partial charge is 0.485 e. The standard InChI is InChI=1S/C32H37BrN4O3/c1-21(2)36-17-15-34-29(36)20-40-28-13-12-26(33)25-14-16-37(31(38)22-8-4-3-5-9-22)27(30(25)28)19-35-18-23-10-6-7-11-24(23)32(35)39/h6-7,10-13,15,17,21-22,27H,3-5,8-9,14,16,18-20H2,1-2H3/t27-/m1/s1. The van der Waals surface area contributed by atoms with E-state index in [9.17, 15) is 9.59 Å². The van der Waals surface area contributed by atoms with E-state index < -0.39 is 0 Å². The fraction of sp³-hybridized carbons (Fsp3) is 0.469. The summed E-state index contributed by atoms with van der Waals surface area (Å²) < 4.78 is 9.64. The topological polar surface area (TPSA) is 67.7 Å². The third-order valence-electron chi connectivity index (χ3n) is 8.76. The molecule has 6 rings (SSSR count). The van der Waals surface area contributed by atoms with Crippen LogP contribution in [0.2, 0.25) is 0 Å². The lowest BCUT2D eigenvalue weighted by Gasteiger charge is -2.42. The third-order valence-corrected chi connectivity index (χ3v) is 9.50. The van der Waals surface area contributed by atoms with Gasteiger partial charge in [-0.3, -0.25) is 9.59 Å². The van der Waals surface area contributed by atoms with Gasteiger partial charge in [-0.05, 0) is 62.4 Å². The van der Waals surface area contributed by atoms with Crippen LogP contribution in [0.1, 0.15) is 90.9 Å². The van der Waals surface area contributed by atoms with E-state index in [1.54, 1.807) is 6.20 Å². The van der Waals surface area contributed by atoms with Gasteiger partial charge in [0.15, 0.2) is 0 Å². The van der Waals surface area contributed by atoms with E-state index in [4.69, 9.17) is 4.74 Å². The minimum atomic E-state index is -0.284. The smallest absolute Gasteiger partial charge is 0.254 e. The Kier molecular flexibility index (Phi) is 7.71. The van der Waals surface area contributed by atoms with Gasteiger partial charge in [-0.1, -0.05) is 53.4 Å². The van der Waals surface area contributed by atoms with E-state index in [0.717, 1.165) is 70.4 Å². The Balaban J connectivity index is 1.36. The molecule has 2 aromatic carbocycles. The van der Waals surface area contributed by atoms with Gasteiger partial charge in [0, 0.05) is 59.6 Å². The van der Waals surface area contributed by atoms with Crippen LogP contribution in [0.5, 0.6) is 5.75 Å². The van der Waals surface area contributed by atoms with Crippen molar-refractivity contribution in [1.29, 1.82) is 0 Å². The predicted octanol–water partition coefficient (Wildman–Crippen LogP) is 6.47. The van der Waals surface area contributed by atoms with E-state index in [2.05, 4.69) is 44.2 Å². The molecule has 0 radical (unpaired) electrons. The lowest BCUT2D eigenvalue weighted by atomic mass is 9.85. The van der Waals surface area contributed by atoms with Crippen LogP contribution < -0.4 is 4.74 Å². The van der Waals surface area contributed by atoms with Gasteiger partial charge < -0.3 is 19.1 Å². The summed E-state index contributed by atoms with van der Waals surface area (Å²) in [5.74, 6) is 1.93. The Labute approximate surface area is 244 Å². The van der Waals surface area contributed by atoms with Crippen LogP contribution >= 0.6 is 15.9 Å². The zero-order chi connectivity index (χ0) is 27.8. The highest BCUT2D eigenvalue weighted by molar-refractivity contribution is 9.10. The minimum Gasteiger partial charge on any atom is -0.485 e. The summed E-state index contributed by atoms with van der Waals surface area (Å²) in [4.78, 5) is 36.0. The zero-order valence-corrected chi connectivity index (χ0v) is 24.9. The SMILES string of the molecule is CC(C)n1ccnc1COc1ccc(Br)c2c1[C@@H](CN1Cc3ccccc3C1=O)N(C(=O)C1CCCCC1)CC2. The maximum atomic E-state index is 14.1. The number of hydrogen-bond donors (Lipinski definition) is 0. The molecule has 3 aromatic rings. The van der Waals surface area contributed by atoms with Crippen molar-refractivity contribution in [3.63, 3.8) is 0 Å². The van der Waals surface area contributed by atoms with Crippen molar-refractivity contribution in [3.05, 3.63) is 81.3 Å². The number of ether oxygens (including phenoxy) is 1. The van der Waals surface area contributed by atoms with Crippen LogP contribution in [0.15, 0.2) is 53.3 Å². The van der Waals surface area contributed by atoms with Gasteiger partial charge >= 0.3 is 0 Å². The number of hydrogen-bond acceptors (Lipinski definition) is 4. The first-order chi connectivity index (χ1) is 19.4. The number of carbonyl (C=O) groups excluding carboxylic acids is 2. The normalized spacial score (nSPS) is 19.2. The molecule has 0 spiro atoms. The van der Waals surface area contributed by atoms with E-state index >= 15 is 0 Å². The lowest BCUT2D eigenvalue weighted by molar-refractivity contribution is -0.140. The monoisotopic (exact) mass is 604 g/mol. The average Bonchev–Trinajstić information content (AvgIpc) is 3.57. The van der Waals surface area contributed by atoms with Gasteiger partial charge in [0.25, 0.3) is 5.91 Å². The van der Waals surface area contributed by atoms with E-state index in [-0.39, 0.29) is 29.8 Å². The number of carbonyl (C=O) groups is 2. The molecule has 1 atom stereocenters. The fourth-order valence-corrected chi connectivity index (χ4v) is 7.23. The number of halogens is 1. The molecule has 2 amide bonds. The van der Waals surface area contributed by atoms with Gasteiger partial charge in [0.05, 0.1) is 6.04 Å². The van der Waals surface area contributed by atoms with Crippen molar-refractivity contribution >= 4 is 27.7 Å². The van der Waals surface area contributed by atoms with Crippen molar-refractivity contribution in [2.45, 2.75) is 77.6 Å². The molecule has 3 aliphatic rings. The van der Waals surface area contributed by atoms with E-state index in [0.29, 0.717) is 26.2 Å². The lowest BCUT2D eigenvalue weighted by Crippen LogP contribution is -2.48. The number of benzene rings is 2. The summed E-state index contributed by atoms with van der Waals surface area (Å²) in [5.41, 5.74) is 3.97. The molecule has 0 N–H and O–H groups in total. The number of rotatable bonds is 7. The molecule has 3 heterocycles. The predicted molar refractivity (Wildman–Crippen MR) is 157 cm³/mol. The van der Waals surface area contributed by atoms with Gasteiger partial charge in [-0.25, -0.2) is 4.98 Å². The molecular weight excluding hydrogens is 568 g/mol. The second-order valence-corrected chi connectivity index (χ2v) is 12.4. The average molecular weight is 606 g/mol. The minimum absolute atomic E-state index is 0.0317. The first-order valence-corrected chi connectivity index (χ1v) is 15.3. The number of aromatic nitrogens is 2. The van der Waals surface area contributed by atoms with Crippen molar-refractivity contribution in [1.82, 2.24) is 19.4 Å². The Morgan fingerprint density at radius 3 is 2.70 bits per heavy atom. The number of nitrogens with zero attached hydrogens (tertiary/aromatic N) is 4. The quantitative estimate of drug-likeness (QED) is 0.310. The second kappa shape index (κ2) is 11.4. The molecular formula is C32H37BrN4O3. The molecule has 1 saturated carbocycles. The number of amides is 2. The van der Waals surface area contributed by atoms with Gasteiger partial charge in [-0.2, -0.15) is 0 Å². The Hall–Kier alpha value is -3.13. The van der Waals surface area contributed by atoms with Crippen LogP contribution in [0, 0.1) is 5.92 Å². The van der Waals surface area contributed by atoms with E-state index in [1.165, 1.54) is 6.42 Å². The Bertz CT molecular complexity index is 1410. The molecule has 2 aliphatic heterocycles. The fourth-order valence-electron chi connectivity index (χ4n) is 6.68. The van der Waals surface area contributed by atoms with Gasteiger partial charge in [0.2, 0.25) is 5.91 Å². The zero-order valence-electron chi connectivity index (χ0n) is 23.3. The Morgan fingerprint density at radius 2 is 1.93 bits per heavy atom. The molecule has 0 bridgehead atoms. The first kappa shape index (κ1) is 27.1. The van der Waals surface area contributed by atoms with Crippen LogP contribution in [0.25, 0.3) is 0 Å². The number of imidazole rings is 1. The summed E-state index contributed by atoms with van der Waals surface area (Å²) in [6.45, 7) is 6.22. The Morgan fingerprint density at radius 1 is 1.12 bits per heavy atom. The molecule has 210 valence electrons. The molecule has 0 unspecified atom stereocenters. The summed E-state index contributed by atoms with van der Waals surface area (Å²) in [6, 6.07) is 11.8. The summed E-state index contributed by atoms with van der Waals surface area (Å²) in [5, 5.41) is 0. The van der Waals surface area contributed by atoms with Crippen LogP contribution in [-0.4, -0.2) is 44.3 Å². The highest BCUT2D eigenvalue weighted by Gasteiger charge is 2.40. The first-order valence-electron chi connectivity index (χ1n) is 14.6. The molecule has 1 aliphatic carbocycles. The molecule has 7 nitrogen and oxygen atoms in total. The van der Waals surface area contributed by atoms with Crippen LogP contribution in [0.3, 0.4) is 0 Å². The van der Waals surface area contributed by atoms with Crippen molar-refractivity contribution in [2.24, 2.45) is 5.92 Å². The second-order valence-electron chi connectivity index (χ2n) is 11.5. The number of fused-ring (bicyclic) bond motifs is 2. The van der Waals surface area contributed by atoms with E-state index in [1.807, 2.05) is 47.5 Å². The molecule has 1 fully saturated rings. The van der Waals surface area contributed by atoms with Gasteiger partial charge in [-0.15, -0.1) is 0 Å². The summed E-state index contributed by atoms with van der Waals surface area (Å²) >= 11 is 3.79. The van der Waals surface area contributed by atoms with Crippen molar-refractivity contribution in [3.8, 4) is 5.75 Å². The third kappa shape index (κ3) is 5.06. The van der Waals surface area contributed by atoms with Crippen molar-refractivity contribution in [2.75, 3.05) is 13.1 Å². The summed E-state index contributed by atoms with van der Waals surface area (Å²) in [7, 11) is 0. The summed E-state index contributed by atoms with van der Waals surface area (Å²) in [6.07, 6.45) is 9.84. The molecule has 0 saturated heterocycles. The van der Waals surface area contributed by atoms with Gasteiger partial charge in [0.1, 0.15) is 18.2 Å². The van der Waals surface area contributed by atoms with Crippen LogP contribution in [-0.2, 0) is 24.4 Å². The highest BCUT2D eigenvalue weighted by Crippen LogP contribution is 2.43. The van der Waals surface area contributed by atoms with Crippen molar-refractivity contribution < 1.29 is 14.3 Å².